The Labute approximate surface area is 165 Å². The van der Waals surface area contributed by atoms with E-state index in [1.165, 1.54) is 7.05 Å². The third-order valence-electron chi connectivity index (χ3n) is 3.99. The summed E-state index contributed by atoms with van der Waals surface area (Å²) in [5.41, 5.74) is 2.61. The molecule has 6 nitrogen and oxygen atoms in total. The lowest BCUT2D eigenvalue weighted by atomic mass is 10.1. The molecule has 1 aromatic heterocycles. The van der Waals surface area contributed by atoms with E-state index in [0.29, 0.717) is 22.3 Å². The minimum absolute atomic E-state index is 0.189. The number of nitrogens with zero attached hydrogens (tertiary/aromatic N) is 1. The number of para-hydroxylation sites is 1. The number of aryl methyl sites for hydroxylation is 1. The van der Waals surface area contributed by atoms with Gasteiger partial charge in [0.1, 0.15) is 0 Å². The lowest BCUT2D eigenvalue weighted by Gasteiger charge is -2.14. The minimum atomic E-state index is -0.443. The summed E-state index contributed by atoms with van der Waals surface area (Å²) in [4.78, 5) is 28.9. The molecule has 0 atom stereocenters. The van der Waals surface area contributed by atoms with Gasteiger partial charge in [-0.2, -0.15) is 0 Å². The van der Waals surface area contributed by atoms with E-state index in [1.54, 1.807) is 36.5 Å². The molecule has 0 aliphatic rings. The van der Waals surface area contributed by atoms with Gasteiger partial charge in [0.15, 0.2) is 0 Å². The fourth-order valence-electron chi connectivity index (χ4n) is 2.67. The van der Waals surface area contributed by atoms with Crippen LogP contribution in [0.3, 0.4) is 0 Å². The summed E-state index contributed by atoms with van der Waals surface area (Å²) in [7, 11) is 1.53. The largest absolute Gasteiger partial charge is 0.341 e. The number of hydrogen-bond acceptors (Lipinski definition) is 3. The average Bonchev–Trinajstić information content (AvgIpc) is 2.64. The van der Waals surface area contributed by atoms with E-state index >= 15 is 0 Å². The lowest BCUT2D eigenvalue weighted by molar-refractivity contribution is 0.102. The summed E-state index contributed by atoms with van der Waals surface area (Å²) >= 11 is 12.2. The number of fused-ring (bicyclic) bond motifs is 1. The molecule has 0 unspecified atom stereocenters. The molecule has 27 heavy (non-hydrogen) atoms. The minimum Gasteiger partial charge on any atom is -0.341 e. The summed E-state index contributed by atoms with van der Waals surface area (Å²) in [5.74, 6) is -0.443. The van der Waals surface area contributed by atoms with Crippen LogP contribution in [0.15, 0.2) is 42.6 Å². The number of halogens is 2. The van der Waals surface area contributed by atoms with Gasteiger partial charge in [-0.05, 0) is 30.7 Å². The topological polar surface area (TPSA) is 83.1 Å². The highest BCUT2D eigenvalue weighted by Crippen LogP contribution is 2.31. The molecule has 0 spiro atoms. The van der Waals surface area contributed by atoms with Crippen molar-refractivity contribution in [3.05, 3.63) is 63.8 Å². The summed E-state index contributed by atoms with van der Waals surface area (Å²) in [6.45, 7) is 1.84. The highest BCUT2D eigenvalue weighted by Gasteiger charge is 2.17. The van der Waals surface area contributed by atoms with Crippen LogP contribution in [0.5, 0.6) is 0 Å². The molecule has 8 heteroatoms. The zero-order valence-electron chi connectivity index (χ0n) is 14.6. The summed E-state index contributed by atoms with van der Waals surface area (Å²) in [5, 5.41) is 9.31. The van der Waals surface area contributed by atoms with E-state index in [-0.39, 0.29) is 21.6 Å². The number of benzene rings is 2. The number of pyridine rings is 1. The molecule has 0 aliphatic heterocycles. The number of rotatable bonds is 3. The number of anilines is 2. The Morgan fingerprint density at radius 1 is 1.00 bits per heavy atom. The smallest absolute Gasteiger partial charge is 0.319 e. The van der Waals surface area contributed by atoms with Gasteiger partial charge in [-0.1, -0.05) is 41.4 Å². The van der Waals surface area contributed by atoms with Crippen LogP contribution in [0.2, 0.25) is 10.0 Å². The Morgan fingerprint density at radius 2 is 1.67 bits per heavy atom. The van der Waals surface area contributed by atoms with Crippen molar-refractivity contribution in [3.63, 3.8) is 0 Å². The van der Waals surface area contributed by atoms with Crippen LogP contribution in [-0.2, 0) is 0 Å². The maximum atomic E-state index is 12.7. The second-order valence-electron chi connectivity index (χ2n) is 5.77. The normalized spacial score (nSPS) is 10.5. The van der Waals surface area contributed by atoms with Crippen LogP contribution in [0, 0.1) is 6.92 Å². The fraction of sp³-hybridized carbons (Fsp3) is 0.105. The summed E-state index contributed by atoms with van der Waals surface area (Å²) in [6.07, 6.45) is 1.63. The van der Waals surface area contributed by atoms with E-state index in [0.717, 1.165) is 5.56 Å². The Balaban J connectivity index is 2.04. The van der Waals surface area contributed by atoms with Gasteiger partial charge < -0.3 is 16.0 Å². The van der Waals surface area contributed by atoms with Gasteiger partial charge in [-0.25, -0.2) is 4.79 Å². The first-order valence-corrected chi connectivity index (χ1v) is 8.80. The highest BCUT2D eigenvalue weighted by molar-refractivity contribution is 6.40. The number of carbonyl (C=O) groups excluding carboxylic acids is 2. The molecule has 0 bridgehead atoms. The molecule has 2 aromatic carbocycles. The van der Waals surface area contributed by atoms with E-state index in [9.17, 15) is 9.59 Å². The maximum Gasteiger partial charge on any atom is 0.319 e. The quantitative estimate of drug-likeness (QED) is 0.585. The molecule has 0 saturated heterocycles. The van der Waals surface area contributed by atoms with E-state index < -0.39 is 5.91 Å². The number of urea groups is 1. The average molecular weight is 403 g/mol. The molecular formula is C19H16Cl2N4O2. The number of carbonyl (C=O) groups is 2. The molecule has 0 fully saturated rings. The second-order valence-corrected chi connectivity index (χ2v) is 6.59. The summed E-state index contributed by atoms with van der Waals surface area (Å²) in [6, 6.07) is 9.82. The van der Waals surface area contributed by atoms with Gasteiger partial charge in [-0.3, -0.25) is 9.78 Å². The van der Waals surface area contributed by atoms with E-state index in [2.05, 4.69) is 20.9 Å². The second kappa shape index (κ2) is 7.82. The third-order valence-corrected chi connectivity index (χ3v) is 4.62. The SMILES string of the molecule is CNC(=O)Nc1c(C)cnc2c(NC(=O)c3c(Cl)cccc3Cl)cccc12. The Hall–Kier alpha value is -2.83. The van der Waals surface area contributed by atoms with Gasteiger partial charge in [0.25, 0.3) is 5.91 Å². The molecule has 1 heterocycles. The zero-order valence-corrected chi connectivity index (χ0v) is 16.1. The number of aromatic nitrogens is 1. The van der Waals surface area contributed by atoms with Crippen LogP contribution in [0.4, 0.5) is 16.2 Å². The number of amides is 3. The van der Waals surface area contributed by atoms with Crippen molar-refractivity contribution in [2.45, 2.75) is 6.92 Å². The van der Waals surface area contributed by atoms with Crippen LogP contribution in [-0.4, -0.2) is 24.0 Å². The number of nitrogens with one attached hydrogen (secondary N) is 3. The molecule has 0 radical (unpaired) electrons. The van der Waals surface area contributed by atoms with E-state index in [1.807, 2.05) is 13.0 Å². The van der Waals surface area contributed by atoms with Gasteiger partial charge in [0.05, 0.1) is 32.5 Å². The Kier molecular flexibility index (Phi) is 5.48. The van der Waals surface area contributed by atoms with Crippen molar-refractivity contribution in [2.75, 3.05) is 17.7 Å². The van der Waals surface area contributed by atoms with Crippen LogP contribution in [0.25, 0.3) is 10.9 Å². The molecule has 3 N–H and O–H groups in total. The molecule has 3 rings (SSSR count). The van der Waals surface area contributed by atoms with Crippen molar-refractivity contribution in [1.29, 1.82) is 0 Å². The monoisotopic (exact) mass is 402 g/mol. The van der Waals surface area contributed by atoms with Gasteiger partial charge in [-0.15, -0.1) is 0 Å². The molecule has 3 amide bonds. The predicted molar refractivity (Wildman–Crippen MR) is 109 cm³/mol. The van der Waals surface area contributed by atoms with Crippen LogP contribution >= 0.6 is 23.2 Å². The number of hydrogen-bond donors (Lipinski definition) is 3. The molecule has 0 saturated carbocycles. The first kappa shape index (κ1) is 18.9. The standard InChI is InChI=1S/C19H16Cl2N4O2/c1-10-9-23-17-11(16(10)25-19(27)22-2)5-3-8-14(17)24-18(26)15-12(20)6-4-7-13(15)21/h3-9H,1-2H3,(H,24,26)(H2,22,23,25,27). The van der Waals surface area contributed by atoms with Crippen LogP contribution < -0.4 is 16.0 Å². The molecule has 138 valence electrons. The maximum absolute atomic E-state index is 12.7. The van der Waals surface area contributed by atoms with Crippen molar-refractivity contribution >= 4 is 57.4 Å². The van der Waals surface area contributed by atoms with Gasteiger partial charge >= 0.3 is 6.03 Å². The zero-order chi connectivity index (χ0) is 19.6. The van der Waals surface area contributed by atoms with Gasteiger partial charge in [0, 0.05) is 18.6 Å². The molecule has 0 aliphatic carbocycles. The first-order valence-electron chi connectivity index (χ1n) is 8.04. The molecular weight excluding hydrogens is 387 g/mol. The third kappa shape index (κ3) is 3.82. The van der Waals surface area contributed by atoms with Crippen molar-refractivity contribution in [3.8, 4) is 0 Å². The first-order chi connectivity index (χ1) is 12.9. The molecule has 3 aromatic rings. The fourth-order valence-corrected chi connectivity index (χ4v) is 3.23. The Morgan fingerprint density at radius 3 is 2.33 bits per heavy atom. The van der Waals surface area contributed by atoms with Crippen molar-refractivity contribution in [2.24, 2.45) is 0 Å². The van der Waals surface area contributed by atoms with E-state index in [4.69, 9.17) is 23.2 Å². The summed E-state index contributed by atoms with van der Waals surface area (Å²) < 4.78 is 0. The van der Waals surface area contributed by atoms with Crippen molar-refractivity contribution in [1.82, 2.24) is 10.3 Å². The lowest BCUT2D eigenvalue weighted by Crippen LogP contribution is -2.25. The van der Waals surface area contributed by atoms with Crippen LogP contribution in [0.1, 0.15) is 15.9 Å². The van der Waals surface area contributed by atoms with Gasteiger partial charge in [0.2, 0.25) is 0 Å². The Bertz CT molecular complexity index is 1030. The predicted octanol–water partition coefficient (Wildman–Crippen LogP) is 4.85. The van der Waals surface area contributed by atoms with Crippen molar-refractivity contribution < 1.29 is 9.59 Å². The highest BCUT2D eigenvalue weighted by atomic mass is 35.5.